The van der Waals surface area contributed by atoms with Crippen LogP contribution in [-0.4, -0.2) is 9.97 Å². The van der Waals surface area contributed by atoms with E-state index in [0.717, 1.165) is 10.2 Å². The van der Waals surface area contributed by atoms with Crippen LogP contribution < -0.4 is 5.69 Å². The lowest BCUT2D eigenvalue weighted by Gasteiger charge is -1.83. The third kappa shape index (κ3) is 1.41. The van der Waals surface area contributed by atoms with E-state index < -0.39 is 0 Å². The van der Waals surface area contributed by atoms with Gasteiger partial charge < -0.3 is 0 Å². The van der Waals surface area contributed by atoms with Crippen LogP contribution in [0.5, 0.6) is 0 Å². The summed E-state index contributed by atoms with van der Waals surface area (Å²) in [5.41, 5.74) is -0.282. The van der Waals surface area contributed by atoms with E-state index in [4.69, 9.17) is 0 Å². The zero-order valence-corrected chi connectivity index (χ0v) is 7.04. The highest BCUT2D eigenvalue weighted by Crippen LogP contribution is 2.13. The van der Waals surface area contributed by atoms with E-state index in [0.29, 0.717) is 0 Å². The van der Waals surface area contributed by atoms with E-state index in [1.807, 2.05) is 11.4 Å². The molecule has 0 aliphatic heterocycles. The normalized spacial score (nSPS) is 9.45. The topological polar surface area (TPSA) is 45.8 Å². The molecule has 0 unspecified atom stereocenters. The molecule has 2 aromatic heterocycles. The molecule has 0 aliphatic rings. The summed E-state index contributed by atoms with van der Waals surface area (Å²) in [5, 5.41) is 2.91. The second-order valence-corrected chi connectivity index (χ2v) is 2.81. The van der Waals surface area contributed by atoms with Crippen molar-refractivity contribution < 1.29 is 0 Å². The van der Waals surface area contributed by atoms with Gasteiger partial charge >= 0.3 is 5.69 Å². The number of fused-ring (bicyclic) bond motifs is 1. The van der Waals surface area contributed by atoms with Gasteiger partial charge in [-0.2, -0.15) is 0 Å². The van der Waals surface area contributed by atoms with Crippen LogP contribution in [-0.2, 0) is 0 Å². The summed E-state index contributed by atoms with van der Waals surface area (Å²) < 4.78 is 0. The number of H-pyrrole nitrogens is 1. The summed E-state index contributed by atoms with van der Waals surface area (Å²) in [6.07, 6.45) is 1.57. The monoisotopic (exact) mass is 188 g/mol. The Morgan fingerprint density at radius 2 is 2.36 bits per heavy atom. The third-order valence-electron chi connectivity index (χ3n) is 1.24. The minimum absolute atomic E-state index is 0. The molecular formula is C6H5ClN2OS. The Balaban J connectivity index is 0.000000605. The number of aromatic nitrogens is 2. The number of aromatic amines is 1. The molecule has 5 heteroatoms. The van der Waals surface area contributed by atoms with Crippen LogP contribution in [0.15, 0.2) is 22.4 Å². The highest BCUT2D eigenvalue weighted by molar-refractivity contribution is 7.16. The standard InChI is InChI=1S/C6H4N2OS.ClH/c9-6-7-3-4-1-2-10-5(4)8-6;/h1-3H,(H,7,8,9);1H. The van der Waals surface area contributed by atoms with Crippen molar-refractivity contribution in [2.24, 2.45) is 0 Å². The lowest BCUT2D eigenvalue weighted by Crippen LogP contribution is -2.06. The molecule has 0 radical (unpaired) electrons. The van der Waals surface area contributed by atoms with E-state index in [1.165, 1.54) is 11.3 Å². The molecule has 0 amide bonds. The van der Waals surface area contributed by atoms with Gasteiger partial charge in [-0.25, -0.2) is 9.78 Å². The zero-order valence-electron chi connectivity index (χ0n) is 5.40. The van der Waals surface area contributed by atoms with Crippen molar-refractivity contribution in [1.29, 1.82) is 0 Å². The fourth-order valence-electron chi connectivity index (χ4n) is 0.780. The van der Waals surface area contributed by atoms with Crippen molar-refractivity contribution >= 4 is 34.0 Å². The van der Waals surface area contributed by atoms with Gasteiger partial charge in [0.1, 0.15) is 4.83 Å². The van der Waals surface area contributed by atoms with E-state index in [9.17, 15) is 4.79 Å². The van der Waals surface area contributed by atoms with Crippen molar-refractivity contribution in [2.75, 3.05) is 0 Å². The highest BCUT2D eigenvalue weighted by atomic mass is 35.5. The first kappa shape index (κ1) is 8.23. The fraction of sp³-hybridized carbons (Fsp3) is 0. The van der Waals surface area contributed by atoms with Crippen molar-refractivity contribution in [3.8, 4) is 0 Å². The first-order chi connectivity index (χ1) is 4.86. The number of hydrogen-bond acceptors (Lipinski definition) is 3. The Hall–Kier alpha value is -0.870. The lowest BCUT2D eigenvalue weighted by atomic mass is 10.4. The molecule has 11 heavy (non-hydrogen) atoms. The second kappa shape index (κ2) is 3.02. The largest absolute Gasteiger partial charge is 0.345 e. The second-order valence-electron chi connectivity index (χ2n) is 1.89. The van der Waals surface area contributed by atoms with Crippen LogP contribution in [0.1, 0.15) is 0 Å². The molecule has 2 rings (SSSR count). The molecule has 0 saturated carbocycles. The molecule has 0 spiro atoms. The number of thiophene rings is 1. The van der Waals surface area contributed by atoms with Crippen molar-refractivity contribution in [2.45, 2.75) is 0 Å². The molecule has 0 bridgehead atoms. The van der Waals surface area contributed by atoms with Gasteiger partial charge in [-0.05, 0) is 11.4 Å². The number of nitrogens with one attached hydrogen (secondary N) is 1. The van der Waals surface area contributed by atoms with Gasteiger partial charge in [0.2, 0.25) is 0 Å². The summed E-state index contributed by atoms with van der Waals surface area (Å²) in [5.74, 6) is 0. The summed E-state index contributed by atoms with van der Waals surface area (Å²) in [7, 11) is 0. The number of halogens is 1. The maximum Gasteiger partial charge on any atom is 0.345 e. The maximum atomic E-state index is 10.6. The summed E-state index contributed by atoms with van der Waals surface area (Å²) in [6, 6.07) is 1.92. The lowest BCUT2D eigenvalue weighted by molar-refractivity contribution is 1.13. The SMILES string of the molecule is Cl.O=c1ncc2ccsc2[nH]1. The van der Waals surface area contributed by atoms with Gasteiger partial charge in [-0.3, -0.25) is 4.98 Å². The summed E-state index contributed by atoms with van der Waals surface area (Å²) >= 11 is 1.51. The third-order valence-corrected chi connectivity index (χ3v) is 2.08. The van der Waals surface area contributed by atoms with Crippen LogP contribution in [0.25, 0.3) is 10.2 Å². The number of rotatable bonds is 0. The average molecular weight is 189 g/mol. The smallest absolute Gasteiger partial charge is 0.297 e. The molecule has 0 aliphatic carbocycles. The van der Waals surface area contributed by atoms with Crippen LogP contribution in [0.2, 0.25) is 0 Å². The molecule has 0 saturated heterocycles. The zero-order chi connectivity index (χ0) is 6.97. The van der Waals surface area contributed by atoms with Gasteiger partial charge in [0, 0.05) is 11.6 Å². The van der Waals surface area contributed by atoms with Gasteiger partial charge in [0.25, 0.3) is 0 Å². The summed E-state index contributed by atoms with van der Waals surface area (Å²) in [4.78, 5) is 17.7. The van der Waals surface area contributed by atoms with Gasteiger partial charge in [-0.1, -0.05) is 0 Å². The molecule has 0 fully saturated rings. The van der Waals surface area contributed by atoms with Gasteiger partial charge in [0.05, 0.1) is 0 Å². The Bertz CT molecular complexity index is 408. The Labute approximate surface area is 72.5 Å². The first-order valence-corrected chi connectivity index (χ1v) is 3.67. The first-order valence-electron chi connectivity index (χ1n) is 2.79. The summed E-state index contributed by atoms with van der Waals surface area (Å²) in [6.45, 7) is 0. The quantitative estimate of drug-likeness (QED) is 0.680. The minimum Gasteiger partial charge on any atom is -0.297 e. The van der Waals surface area contributed by atoms with Crippen LogP contribution in [0, 0.1) is 0 Å². The van der Waals surface area contributed by atoms with Crippen molar-refractivity contribution in [1.82, 2.24) is 9.97 Å². The maximum absolute atomic E-state index is 10.6. The molecule has 0 atom stereocenters. The van der Waals surface area contributed by atoms with Crippen molar-refractivity contribution in [3.63, 3.8) is 0 Å². The van der Waals surface area contributed by atoms with Gasteiger partial charge in [0.15, 0.2) is 0 Å². The minimum atomic E-state index is -0.282. The Kier molecular flexibility index (Phi) is 2.26. The van der Waals surface area contributed by atoms with E-state index in [-0.39, 0.29) is 18.1 Å². The Morgan fingerprint density at radius 1 is 1.55 bits per heavy atom. The van der Waals surface area contributed by atoms with E-state index in [2.05, 4.69) is 9.97 Å². The number of nitrogens with zero attached hydrogens (tertiary/aromatic N) is 1. The number of hydrogen-bond donors (Lipinski definition) is 1. The van der Waals surface area contributed by atoms with E-state index in [1.54, 1.807) is 6.20 Å². The average Bonchev–Trinajstić information content (AvgIpc) is 2.33. The molecular weight excluding hydrogens is 184 g/mol. The molecule has 2 heterocycles. The van der Waals surface area contributed by atoms with Gasteiger partial charge in [-0.15, -0.1) is 23.7 Å². The van der Waals surface area contributed by atoms with Crippen molar-refractivity contribution in [3.05, 3.63) is 28.1 Å². The predicted octanol–water partition coefficient (Wildman–Crippen LogP) is 1.41. The van der Waals surface area contributed by atoms with Crippen LogP contribution in [0.3, 0.4) is 0 Å². The molecule has 0 aromatic carbocycles. The molecule has 1 N–H and O–H groups in total. The highest BCUT2D eigenvalue weighted by Gasteiger charge is 1.92. The van der Waals surface area contributed by atoms with Crippen LogP contribution in [0.4, 0.5) is 0 Å². The van der Waals surface area contributed by atoms with E-state index >= 15 is 0 Å². The Morgan fingerprint density at radius 3 is 3.18 bits per heavy atom. The molecule has 2 aromatic rings. The van der Waals surface area contributed by atoms with Crippen LogP contribution >= 0.6 is 23.7 Å². The molecule has 3 nitrogen and oxygen atoms in total. The molecule has 58 valence electrons. The predicted molar refractivity (Wildman–Crippen MR) is 47.5 cm³/mol. The fourth-order valence-corrected chi connectivity index (χ4v) is 1.53.